The molecule has 1 unspecified atom stereocenters. The summed E-state index contributed by atoms with van der Waals surface area (Å²) in [5, 5.41) is 11.2. The van der Waals surface area contributed by atoms with Crippen LogP contribution in [0.3, 0.4) is 0 Å². The number of ether oxygens (including phenoxy) is 2. The second kappa shape index (κ2) is 10.7. The van der Waals surface area contributed by atoms with Crippen LogP contribution in [-0.2, 0) is 16.1 Å². The van der Waals surface area contributed by atoms with Crippen LogP contribution in [0.5, 0.6) is 11.5 Å². The molecule has 1 aliphatic rings. The van der Waals surface area contributed by atoms with Gasteiger partial charge in [0, 0.05) is 24.5 Å². The van der Waals surface area contributed by atoms with Gasteiger partial charge >= 0.3 is 0 Å². The van der Waals surface area contributed by atoms with Crippen molar-refractivity contribution >= 4 is 17.4 Å². The highest BCUT2D eigenvalue weighted by atomic mass is 16.5. The van der Waals surface area contributed by atoms with E-state index in [1.165, 1.54) is 17.3 Å². The van der Waals surface area contributed by atoms with Crippen LogP contribution in [0.2, 0.25) is 0 Å². The van der Waals surface area contributed by atoms with Gasteiger partial charge in [0.15, 0.2) is 11.5 Å². The Balaban J connectivity index is 1.86. The van der Waals surface area contributed by atoms with Gasteiger partial charge in [-0.3, -0.25) is 14.6 Å². The Morgan fingerprint density at radius 3 is 2.49 bits per heavy atom. The topological polar surface area (TPSA) is 89.0 Å². The number of carbonyl (C=O) groups excluding carboxylic acids is 2. The first kappa shape index (κ1) is 23.8. The maximum absolute atomic E-state index is 13.2. The van der Waals surface area contributed by atoms with Crippen molar-refractivity contribution in [1.29, 1.82) is 0 Å². The Bertz CT molecular complexity index is 1250. The maximum Gasteiger partial charge on any atom is 0.295 e. The number of likely N-dealkylation sites (tertiary alicyclic amines) is 1. The molecule has 7 nitrogen and oxygen atoms in total. The molecule has 35 heavy (non-hydrogen) atoms. The Morgan fingerprint density at radius 1 is 1.06 bits per heavy atom. The number of benzene rings is 2. The molecular formula is C28H26N2O5. The largest absolute Gasteiger partial charge is 0.507 e. The third-order valence-electron chi connectivity index (χ3n) is 5.63. The van der Waals surface area contributed by atoms with Gasteiger partial charge in [-0.25, -0.2) is 0 Å². The number of Topliss-reactive ketones (excluding diaryl/α,β-unsaturated/α-hetero) is 1. The molecular weight excluding hydrogens is 444 g/mol. The number of hydrogen-bond donors (Lipinski definition) is 1. The zero-order valence-electron chi connectivity index (χ0n) is 19.4. The second-order valence-corrected chi connectivity index (χ2v) is 7.89. The zero-order chi connectivity index (χ0) is 24.8. The lowest BCUT2D eigenvalue weighted by atomic mass is 9.95. The number of hydrogen-bond acceptors (Lipinski definition) is 6. The normalized spacial score (nSPS) is 16.8. The van der Waals surface area contributed by atoms with E-state index in [0.717, 1.165) is 5.56 Å². The number of rotatable bonds is 9. The van der Waals surface area contributed by atoms with E-state index in [0.29, 0.717) is 35.8 Å². The number of aliphatic hydroxyl groups is 1. The molecule has 3 aromatic rings. The van der Waals surface area contributed by atoms with E-state index in [9.17, 15) is 14.7 Å². The monoisotopic (exact) mass is 470 g/mol. The third-order valence-corrected chi connectivity index (χ3v) is 5.63. The Kier molecular flexibility index (Phi) is 7.26. The summed E-state index contributed by atoms with van der Waals surface area (Å²) in [5.74, 6) is -0.688. The molecule has 2 aromatic carbocycles. The molecule has 7 heteroatoms. The summed E-state index contributed by atoms with van der Waals surface area (Å²) in [6.45, 7) is 6.42. The fourth-order valence-electron chi connectivity index (χ4n) is 4.07. The fourth-order valence-corrected chi connectivity index (χ4v) is 4.07. The SMILES string of the molecule is C=CCOc1ccc(C2/C(=C(\O)c3ccncc3)C(=O)C(=O)N2Cc2ccccc2)cc1OCC. The van der Waals surface area contributed by atoms with Crippen molar-refractivity contribution < 1.29 is 24.2 Å². The van der Waals surface area contributed by atoms with Crippen LogP contribution in [0.25, 0.3) is 5.76 Å². The van der Waals surface area contributed by atoms with Crippen molar-refractivity contribution in [2.75, 3.05) is 13.2 Å². The minimum absolute atomic E-state index is 0.0133. The van der Waals surface area contributed by atoms with E-state index in [-0.39, 0.29) is 17.9 Å². The number of nitrogens with zero attached hydrogens (tertiary/aromatic N) is 2. The molecule has 1 N–H and O–H groups in total. The molecule has 2 heterocycles. The third kappa shape index (κ3) is 4.94. The van der Waals surface area contributed by atoms with Gasteiger partial charge in [0.2, 0.25) is 0 Å². The van der Waals surface area contributed by atoms with Crippen LogP contribution < -0.4 is 9.47 Å². The summed E-state index contributed by atoms with van der Waals surface area (Å²) in [6.07, 6.45) is 4.67. The molecule has 1 fully saturated rings. The van der Waals surface area contributed by atoms with Crippen LogP contribution >= 0.6 is 0 Å². The number of aromatic nitrogens is 1. The van der Waals surface area contributed by atoms with Crippen LogP contribution in [-0.4, -0.2) is 39.9 Å². The number of ketones is 1. The van der Waals surface area contributed by atoms with Gasteiger partial charge in [0.25, 0.3) is 11.7 Å². The molecule has 0 aliphatic carbocycles. The van der Waals surface area contributed by atoms with E-state index in [4.69, 9.17) is 9.47 Å². The Morgan fingerprint density at radius 2 is 1.80 bits per heavy atom. The molecule has 0 radical (unpaired) electrons. The van der Waals surface area contributed by atoms with Gasteiger partial charge in [0.1, 0.15) is 12.4 Å². The highest BCUT2D eigenvalue weighted by Crippen LogP contribution is 2.42. The zero-order valence-corrected chi connectivity index (χ0v) is 19.4. The van der Waals surface area contributed by atoms with Gasteiger partial charge in [-0.1, -0.05) is 49.1 Å². The summed E-state index contributed by atoms with van der Waals surface area (Å²) < 4.78 is 11.5. The van der Waals surface area contributed by atoms with Crippen LogP contribution in [0.4, 0.5) is 0 Å². The number of aliphatic hydroxyl groups excluding tert-OH is 1. The van der Waals surface area contributed by atoms with E-state index in [1.807, 2.05) is 37.3 Å². The maximum atomic E-state index is 13.2. The Hall–Kier alpha value is -4.39. The van der Waals surface area contributed by atoms with Gasteiger partial charge in [-0.15, -0.1) is 0 Å². The minimum Gasteiger partial charge on any atom is -0.507 e. The van der Waals surface area contributed by atoms with Crippen molar-refractivity contribution in [2.45, 2.75) is 19.5 Å². The van der Waals surface area contributed by atoms with Crippen molar-refractivity contribution in [3.8, 4) is 11.5 Å². The molecule has 178 valence electrons. The van der Waals surface area contributed by atoms with E-state index in [1.54, 1.807) is 36.4 Å². The highest BCUT2D eigenvalue weighted by Gasteiger charge is 2.46. The van der Waals surface area contributed by atoms with Gasteiger partial charge in [-0.2, -0.15) is 0 Å². The summed E-state index contributed by atoms with van der Waals surface area (Å²) in [6, 6.07) is 17.0. The predicted octanol–water partition coefficient (Wildman–Crippen LogP) is 4.67. The Labute approximate surface area is 203 Å². The number of carbonyl (C=O) groups is 2. The minimum atomic E-state index is -0.823. The van der Waals surface area contributed by atoms with Crippen molar-refractivity contribution in [1.82, 2.24) is 9.88 Å². The summed E-state index contributed by atoms with van der Waals surface area (Å²) in [4.78, 5) is 31.9. The summed E-state index contributed by atoms with van der Waals surface area (Å²) in [7, 11) is 0. The van der Waals surface area contributed by atoms with Crippen molar-refractivity contribution in [2.24, 2.45) is 0 Å². The lowest BCUT2D eigenvalue weighted by Gasteiger charge is -2.26. The highest BCUT2D eigenvalue weighted by molar-refractivity contribution is 6.46. The molecule has 0 spiro atoms. The average Bonchev–Trinajstić information content (AvgIpc) is 3.13. The van der Waals surface area contributed by atoms with Crippen LogP contribution in [0.15, 0.2) is 91.3 Å². The first-order valence-electron chi connectivity index (χ1n) is 11.3. The standard InChI is InChI=1S/C28H26N2O5/c1-3-16-35-22-11-10-21(17-23(22)34-4-2)25-24(26(31)20-12-14-29-15-13-20)27(32)28(33)30(25)18-19-8-6-5-7-9-19/h3,5-15,17,25,31H,1,4,16,18H2,2H3/b26-24+. The van der Waals surface area contributed by atoms with Gasteiger partial charge in [-0.05, 0) is 42.3 Å². The number of amides is 1. The van der Waals surface area contributed by atoms with Crippen LogP contribution in [0.1, 0.15) is 29.7 Å². The van der Waals surface area contributed by atoms with Gasteiger partial charge in [0.05, 0.1) is 18.2 Å². The second-order valence-electron chi connectivity index (χ2n) is 7.89. The van der Waals surface area contributed by atoms with E-state index < -0.39 is 17.7 Å². The number of pyridine rings is 1. The molecule has 0 bridgehead atoms. The van der Waals surface area contributed by atoms with Gasteiger partial charge < -0.3 is 19.5 Å². The lowest BCUT2D eigenvalue weighted by Crippen LogP contribution is -2.29. The predicted molar refractivity (Wildman–Crippen MR) is 132 cm³/mol. The molecule has 1 aliphatic heterocycles. The average molecular weight is 471 g/mol. The molecule has 0 saturated carbocycles. The molecule has 4 rings (SSSR count). The molecule has 1 saturated heterocycles. The van der Waals surface area contributed by atoms with Crippen LogP contribution in [0, 0.1) is 0 Å². The molecule has 1 amide bonds. The quantitative estimate of drug-likeness (QED) is 0.212. The van der Waals surface area contributed by atoms with E-state index >= 15 is 0 Å². The van der Waals surface area contributed by atoms with E-state index in [2.05, 4.69) is 11.6 Å². The molecule has 1 aromatic heterocycles. The lowest BCUT2D eigenvalue weighted by molar-refractivity contribution is -0.140. The molecule has 1 atom stereocenters. The first-order chi connectivity index (χ1) is 17.0. The fraction of sp³-hybridized carbons (Fsp3) is 0.179. The van der Waals surface area contributed by atoms with Crippen molar-refractivity contribution in [3.63, 3.8) is 0 Å². The first-order valence-corrected chi connectivity index (χ1v) is 11.3. The smallest absolute Gasteiger partial charge is 0.295 e. The van der Waals surface area contributed by atoms with Crippen molar-refractivity contribution in [3.05, 3.63) is 108 Å². The summed E-state index contributed by atoms with van der Waals surface area (Å²) in [5.41, 5.74) is 1.89. The summed E-state index contributed by atoms with van der Waals surface area (Å²) >= 11 is 0.